The topological polar surface area (TPSA) is 51.2 Å². The molecule has 0 radical (unpaired) electrons. The highest BCUT2D eigenvalue weighted by molar-refractivity contribution is 7.14. The fraction of sp³-hybridized carbons (Fsp3) is 0.214. The van der Waals surface area contributed by atoms with Crippen LogP contribution in [0.1, 0.15) is 37.5 Å². The molecule has 1 amide bonds. The average Bonchev–Trinajstić information content (AvgIpc) is 3.32. The molecule has 0 aliphatic carbocycles. The minimum Gasteiger partial charge on any atom is -0.484 e. The van der Waals surface area contributed by atoms with Crippen molar-refractivity contribution in [2.24, 2.45) is 0 Å². The van der Waals surface area contributed by atoms with Crippen LogP contribution in [-0.2, 0) is 16.6 Å². The maximum Gasteiger partial charge on any atom is 0.264 e. The molecule has 168 valence electrons. The predicted octanol–water partition coefficient (Wildman–Crippen LogP) is 6.72. The maximum absolute atomic E-state index is 12.4. The summed E-state index contributed by atoms with van der Waals surface area (Å²) in [5.74, 6) is 0.430. The van der Waals surface area contributed by atoms with Gasteiger partial charge in [-0.2, -0.15) is 0 Å². The van der Waals surface area contributed by atoms with Crippen molar-refractivity contribution < 1.29 is 9.53 Å². The van der Waals surface area contributed by atoms with Crippen molar-refractivity contribution in [1.29, 1.82) is 0 Å². The van der Waals surface area contributed by atoms with E-state index in [9.17, 15) is 4.79 Å². The lowest BCUT2D eigenvalue weighted by atomic mass is 9.78. The second-order valence-corrected chi connectivity index (χ2v) is 9.30. The van der Waals surface area contributed by atoms with E-state index in [1.54, 1.807) is 0 Å². The Morgan fingerprint density at radius 2 is 1.61 bits per heavy atom. The van der Waals surface area contributed by atoms with Crippen LogP contribution in [-0.4, -0.2) is 17.5 Å². The van der Waals surface area contributed by atoms with Crippen molar-refractivity contribution in [2.45, 2.75) is 32.6 Å². The zero-order chi connectivity index (χ0) is 23.3. The summed E-state index contributed by atoms with van der Waals surface area (Å²) in [6.07, 6.45) is 1.01. The van der Waals surface area contributed by atoms with Crippen LogP contribution in [0.3, 0.4) is 0 Å². The fourth-order valence-corrected chi connectivity index (χ4v) is 4.40. The number of amides is 1. The number of thiazole rings is 1. The molecule has 33 heavy (non-hydrogen) atoms. The number of ether oxygens (including phenoxy) is 1. The summed E-state index contributed by atoms with van der Waals surface area (Å²) in [7, 11) is 0. The van der Waals surface area contributed by atoms with Gasteiger partial charge in [0.2, 0.25) is 0 Å². The van der Waals surface area contributed by atoms with Crippen molar-refractivity contribution in [1.82, 2.24) is 4.98 Å². The Bertz CT molecular complexity index is 1200. The summed E-state index contributed by atoms with van der Waals surface area (Å²) in [6, 6.07) is 26.7. The number of nitrogens with one attached hydrogen (secondary N) is 1. The first-order valence-corrected chi connectivity index (χ1v) is 12.0. The third-order valence-electron chi connectivity index (χ3n) is 5.85. The summed E-state index contributed by atoms with van der Waals surface area (Å²) in [6.45, 7) is 6.47. The molecule has 0 aliphatic heterocycles. The minimum absolute atomic E-state index is 0.0679. The number of benzene rings is 3. The van der Waals surface area contributed by atoms with Gasteiger partial charge in [0.25, 0.3) is 5.91 Å². The highest BCUT2D eigenvalue weighted by Crippen LogP contribution is 2.32. The van der Waals surface area contributed by atoms with Gasteiger partial charge in [0.05, 0.1) is 5.69 Å². The van der Waals surface area contributed by atoms with Crippen LogP contribution in [0.4, 0.5) is 5.13 Å². The van der Waals surface area contributed by atoms with E-state index in [2.05, 4.69) is 91.7 Å². The van der Waals surface area contributed by atoms with Crippen LogP contribution < -0.4 is 10.1 Å². The second kappa shape index (κ2) is 10.0. The molecule has 4 rings (SSSR count). The number of hydrogen-bond acceptors (Lipinski definition) is 4. The van der Waals surface area contributed by atoms with Crippen molar-refractivity contribution >= 4 is 22.4 Å². The molecule has 0 aliphatic rings. The van der Waals surface area contributed by atoms with Gasteiger partial charge in [0.15, 0.2) is 11.7 Å². The Hall–Kier alpha value is -3.44. The number of rotatable bonds is 8. The molecule has 1 N–H and O–H groups in total. The lowest BCUT2D eigenvalue weighted by molar-refractivity contribution is -0.118. The zero-order valence-electron chi connectivity index (χ0n) is 19.2. The number of carbonyl (C=O) groups excluding carboxylic acids is 1. The fourth-order valence-electron chi connectivity index (χ4n) is 3.67. The molecule has 0 saturated carbocycles. The Labute approximate surface area is 199 Å². The van der Waals surface area contributed by atoms with Crippen molar-refractivity contribution in [3.05, 3.63) is 101 Å². The normalized spacial score (nSPS) is 11.2. The molecule has 0 atom stereocenters. The van der Waals surface area contributed by atoms with Crippen LogP contribution in [0.5, 0.6) is 5.75 Å². The molecule has 4 nitrogen and oxygen atoms in total. The molecule has 4 aromatic rings. The Morgan fingerprint density at radius 1 is 0.939 bits per heavy atom. The molecular weight excluding hydrogens is 428 g/mol. The first kappa shape index (κ1) is 22.7. The highest BCUT2D eigenvalue weighted by atomic mass is 32.1. The first-order chi connectivity index (χ1) is 16.0. The summed E-state index contributed by atoms with van der Waals surface area (Å²) in [5, 5.41) is 5.34. The molecule has 0 spiro atoms. The molecule has 1 aromatic heterocycles. The smallest absolute Gasteiger partial charge is 0.264 e. The average molecular weight is 457 g/mol. The number of nitrogens with zero attached hydrogens (tertiary/aromatic N) is 1. The minimum atomic E-state index is -0.231. The maximum atomic E-state index is 12.4. The van der Waals surface area contributed by atoms with Crippen LogP contribution in [0.2, 0.25) is 0 Å². The van der Waals surface area contributed by atoms with Gasteiger partial charge in [0, 0.05) is 16.4 Å². The number of hydrogen-bond donors (Lipinski definition) is 1. The number of aromatic nitrogens is 1. The van der Waals surface area contributed by atoms with Gasteiger partial charge in [-0.3, -0.25) is 10.1 Å². The monoisotopic (exact) mass is 456 g/mol. The van der Waals surface area contributed by atoms with E-state index < -0.39 is 0 Å². The van der Waals surface area contributed by atoms with Crippen LogP contribution in [0.15, 0.2) is 84.2 Å². The highest BCUT2D eigenvalue weighted by Gasteiger charge is 2.22. The van der Waals surface area contributed by atoms with Gasteiger partial charge in [-0.25, -0.2) is 4.98 Å². The molecular formula is C28H28N2O2S. The number of carbonyl (C=O) groups is 1. The molecule has 0 unspecified atom stereocenters. The summed E-state index contributed by atoms with van der Waals surface area (Å²) >= 11 is 1.41. The van der Waals surface area contributed by atoms with E-state index in [1.807, 2.05) is 23.6 Å². The first-order valence-electron chi connectivity index (χ1n) is 11.1. The number of anilines is 1. The summed E-state index contributed by atoms with van der Waals surface area (Å²) in [4.78, 5) is 16.9. The molecule has 1 heterocycles. The quantitative estimate of drug-likeness (QED) is 0.320. The van der Waals surface area contributed by atoms with E-state index in [0.717, 1.165) is 17.7 Å². The van der Waals surface area contributed by atoms with Crippen LogP contribution in [0, 0.1) is 0 Å². The second-order valence-electron chi connectivity index (χ2n) is 8.44. The zero-order valence-corrected chi connectivity index (χ0v) is 20.0. The van der Waals surface area contributed by atoms with Crippen molar-refractivity contribution in [2.75, 3.05) is 11.9 Å². The lowest BCUT2D eigenvalue weighted by Gasteiger charge is -2.26. The standard InChI is InChI=1S/C28H28N2O2S/c1-4-20-10-12-21(13-11-20)25-19-33-27(29-25)30-26(31)18-32-24-16-14-23(15-17-24)28(2,3)22-8-6-5-7-9-22/h5-17,19H,4,18H2,1-3H3,(H,29,30,31). The van der Waals surface area contributed by atoms with Gasteiger partial charge in [0.1, 0.15) is 5.75 Å². The largest absolute Gasteiger partial charge is 0.484 e. The van der Waals surface area contributed by atoms with Gasteiger partial charge in [-0.05, 0) is 35.2 Å². The molecule has 3 aromatic carbocycles. The third-order valence-corrected chi connectivity index (χ3v) is 6.61. The van der Waals surface area contributed by atoms with Gasteiger partial charge in [-0.15, -0.1) is 11.3 Å². The molecule has 0 bridgehead atoms. The molecule has 0 saturated heterocycles. The summed E-state index contributed by atoms with van der Waals surface area (Å²) in [5.41, 5.74) is 5.51. The van der Waals surface area contributed by atoms with Crippen LogP contribution >= 0.6 is 11.3 Å². The van der Waals surface area contributed by atoms with E-state index >= 15 is 0 Å². The van der Waals surface area contributed by atoms with E-state index in [-0.39, 0.29) is 17.9 Å². The lowest BCUT2D eigenvalue weighted by Crippen LogP contribution is -2.20. The number of aryl methyl sites for hydroxylation is 1. The Morgan fingerprint density at radius 3 is 2.27 bits per heavy atom. The van der Waals surface area contributed by atoms with Crippen molar-refractivity contribution in [3.63, 3.8) is 0 Å². The van der Waals surface area contributed by atoms with E-state index in [0.29, 0.717) is 10.9 Å². The van der Waals surface area contributed by atoms with Crippen LogP contribution in [0.25, 0.3) is 11.3 Å². The van der Waals surface area contributed by atoms with Gasteiger partial charge in [-0.1, -0.05) is 87.5 Å². The SMILES string of the molecule is CCc1ccc(-c2csc(NC(=O)COc3ccc(C(C)(C)c4ccccc4)cc3)n2)cc1. The van der Waals surface area contributed by atoms with Crippen molar-refractivity contribution in [3.8, 4) is 17.0 Å². The van der Waals surface area contributed by atoms with Gasteiger partial charge < -0.3 is 4.74 Å². The predicted molar refractivity (Wildman–Crippen MR) is 136 cm³/mol. The summed E-state index contributed by atoms with van der Waals surface area (Å²) < 4.78 is 5.70. The molecule has 5 heteroatoms. The third kappa shape index (κ3) is 5.49. The van der Waals surface area contributed by atoms with E-state index in [1.165, 1.54) is 28.0 Å². The van der Waals surface area contributed by atoms with Gasteiger partial charge >= 0.3 is 0 Å². The Balaban J connectivity index is 1.32. The van der Waals surface area contributed by atoms with E-state index in [4.69, 9.17) is 4.74 Å². The Kier molecular flexibility index (Phi) is 6.90. The molecule has 0 fully saturated rings.